The molecule has 2 aromatic rings. The topological polar surface area (TPSA) is 110 Å². The molecule has 0 aliphatic carbocycles. The number of nitrogens with two attached hydrogens (primary N) is 1. The lowest BCUT2D eigenvalue weighted by Gasteiger charge is -2.25. The van der Waals surface area contributed by atoms with Gasteiger partial charge >= 0.3 is 0 Å². The van der Waals surface area contributed by atoms with Crippen molar-refractivity contribution in [2.75, 3.05) is 22.7 Å². The van der Waals surface area contributed by atoms with Gasteiger partial charge in [-0.15, -0.1) is 0 Å². The molecule has 2 rings (SSSR count). The van der Waals surface area contributed by atoms with Crippen molar-refractivity contribution in [3.05, 3.63) is 47.5 Å². The molecule has 7 nitrogen and oxygen atoms in total. The zero-order chi connectivity index (χ0) is 20.4. The van der Waals surface area contributed by atoms with E-state index in [-0.39, 0.29) is 15.5 Å². The van der Waals surface area contributed by atoms with Crippen LogP contribution >= 0.6 is 0 Å². The van der Waals surface area contributed by atoms with Gasteiger partial charge in [-0.1, -0.05) is 12.1 Å². The normalized spacial score (nSPS) is 12.0. The van der Waals surface area contributed by atoms with Crippen LogP contribution in [0.25, 0.3) is 0 Å². The van der Waals surface area contributed by atoms with Crippen molar-refractivity contribution in [1.82, 2.24) is 0 Å². The predicted octanol–water partition coefficient (Wildman–Crippen LogP) is 2.60. The van der Waals surface area contributed by atoms with Gasteiger partial charge in [0.2, 0.25) is 10.0 Å². The summed E-state index contributed by atoms with van der Waals surface area (Å²) >= 11 is 0. The van der Waals surface area contributed by atoms with Crippen molar-refractivity contribution in [2.24, 2.45) is 5.14 Å². The summed E-state index contributed by atoms with van der Waals surface area (Å²) in [5, 5.41) is 5.22. The molecule has 0 aromatic heterocycles. The van der Waals surface area contributed by atoms with Gasteiger partial charge in [-0.05, 0) is 63.1 Å². The number of hydrogen-bond acceptors (Lipinski definition) is 5. The molecule has 0 radical (unpaired) electrons. The average Bonchev–Trinajstić information content (AvgIpc) is 2.58. The van der Waals surface area contributed by atoms with Gasteiger partial charge in [-0.2, -0.15) is 0 Å². The van der Waals surface area contributed by atoms with E-state index in [9.17, 15) is 16.8 Å². The molecule has 0 spiro atoms. The molecule has 0 unspecified atom stereocenters. The standard InChI is InChI=1S/C18H25N3O4S2/c1-5-21(6-2)17-10-9-15(26(19,22)23)12-16(17)20-27(24,25)18-11-13(3)7-8-14(18)4/h7-12,20H,5-6H2,1-4H3,(H2,19,22,23). The van der Waals surface area contributed by atoms with Crippen LogP contribution in [0.1, 0.15) is 25.0 Å². The number of primary sulfonamides is 1. The maximum absolute atomic E-state index is 13.0. The van der Waals surface area contributed by atoms with Gasteiger partial charge < -0.3 is 4.90 Å². The lowest BCUT2D eigenvalue weighted by Crippen LogP contribution is -2.25. The first-order valence-electron chi connectivity index (χ1n) is 8.51. The summed E-state index contributed by atoms with van der Waals surface area (Å²) in [6, 6.07) is 9.34. The van der Waals surface area contributed by atoms with Crippen molar-refractivity contribution in [2.45, 2.75) is 37.5 Å². The van der Waals surface area contributed by atoms with Crippen LogP contribution in [-0.4, -0.2) is 29.9 Å². The fourth-order valence-corrected chi connectivity index (χ4v) is 4.75. The second-order valence-electron chi connectivity index (χ2n) is 6.27. The molecule has 0 heterocycles. The molecular formula is C18H25N3O4S2. The Balaban J connectivity index is 2.62. The molecule has 0 saturated carbocycles. The Kier molecular flexibility index (Phi) is 6.18. The predicted molar refractivity (Wildman–Crippen MR) is 108 cm³/mol. The van der Waals surface area contributed by atoms with Crippen LogP contribution in [0.2, 0.25) is 0 Å². The Morgan fingerprint density at radius 3 is 2.15 bits per heavy atom. The molecule has 0 saturated heterocycles. The average molecular weight is 412 g/mol. The highest BCUT2D eigenvalue weighted by atomic mass is 32.2. The minimum Gasteiger partial charge on any atom is -0.370 e. The third kappa shape index (κ3) is 4.79. The van der Waals surface area contributed by atoms with Crippen LogP contribution in [-0.2, 0) is 20.0 Å². The Hall–Kier alpha value is -2.10. The molecule has 0 aliphatic heterocycles. The van der Waals surface area contributed by atoms with Crippen LogP contribution in [0.5, 0.6) is 0 Å². The summed E-state index contributed by atoms with van der Waals surface area (Å²) in [4.78, 5) is 1.92. The molecular weight excluding hydrogens is 386 g/mol. The number of hydrogen-bond donors (Lipinski definition) is 2. The minimum absolute atomic E-state index is 0.147. The van der Waals surface area contributed by atoms with Crippen molar-refractivity contribution in [3.8, 4) is 0 Å². The van der Waals surface area contributed by atoms with Gasteiger partial charge in [0, 0.05) is 13.1 Å². The van der Waals surface area contributed by atoms with E-state index in [1.807, 2.05) is 24.8 Å². The molecule has 3 N–H and O–H groups in total. The highest BCUT2D eigenvalue weighted by molar-refractivity contribution is 7.92. The van der Waals surface area contributed by atoms with Crippen LogP contribution in [0.3, 0.4) is 0 Å². The van der Waals surface area contributed by atoms with Crippen molar-refractivity contribution < 1.29 is 16.8 Å². The van der Waals surface area contributed by atoms with Gasteiger partial charge in [0.05, 0.1) is 21.2 Å². The molecule has 0 bridgehead atoms. The number of nitrogens with one attached hydrogen (secondary N) is 1. The number of nitrogens with zero attached hydrogens (tertiary/aromatic N) is 1. The van der Waals surface area contributed by atoms with Gasteiger partial charge in [0.1, 0.15) is 0 Å². The van der Waals surface area contributed by atoms with E-state index >= 15 is 0 Å². The lowest BCUT2D eigenvalue weighted by atomic mass is 10.2. The van der Waals surface area contributed by atoms with E-state index in [1.54, 1.807) is 32.0 Å². The fourth-order valence-electron chi connectivity index (χ4n) is 2.81. The molecule has 0 fully saturated rings. The number of anilines is 2. The summed E-state index contributed by atoms with van der Waals surface area (Å²) in [7, 11) is -7.88. The summed E-state index contributed by atoms with van der Waals surface area (Å²) in [6.45, 7) is 8.63. The SMILES string of the molecule is CCN(CC)c1ccc(S(N)(=O)=O)cc1NS(=O)(=O)c1cc(C)ccc1C. The molecule has 0 amide bonds. The number of sulfonamides is 2. The number of rotatable bonds is 7. The first-order chi connectivity index (χ1) is 12.5. The quantitative estimate of drug-likeness (QED) is 0.728. The minimum atomic E-state index is -3.97. The smallest absolute Gasteiger partial charge is 0.262 e. The maximum atomic E-state index is 13.0. The van der Waals surface area contributed by atoms with E-state index in [4.69, 9.17) is 5.14 Å². The third-order valence-corrected chi connectivity index (χ3v) is 6.70. The summed E-state index contributed by atoms with van der Waals surface area (Å²) in [5.74, 6) is 0. The molecule has 9 heteroatoms. The Bertz CT molecular complexity index is 1040. The van der Waals surface area contributed by atoms with E-state index < -0.39 is 20.0 Å². The molecule has 27 heavy (non-hydrogen) atoms. The molecule has 2 aromatic carbocycles. The van der Waals surface area contributed by atoms with Crippen molar-refractivity contribution in [3.63, 3.8) is 0 Å². The monoisotopic (exact) mass is 411 g/mol. The lowest BCUT2D eigenvalue weighted by molar-refractivity contribution is 0.596. The van der Waals surface area contributed by atoms with E-state index in [2.05, 4.69) is 4.72 Å². The van der Waals surface area contributed by atoms with Gasteiger partial charge in [-0.25, -0.2) is 22.0 Å². The van der Waals surface area contributed by atoms with Gasteiger partial charge in [0.15, 0.2) is 0 Å². The Labute approximate surface area is 161 Å². The number of aryl methyl sites for hydroxylation is 2. The van der Waals surface area contributed by atoms with Crippen LogP contribution < -0.4 is 14.8 Å². The number of benzene rings is 2. The van der Waals surface area contributed by atoms with Gasteiger partial charge in [0.25, 0.3) is 10.0 Å². The zero-order valence-electron chi connectivity index (χ0n) is 15.9. The molecule has 0 atom stereocenters. The van der Waals surface area contributed by atoms with Crippen LogP contribution in [0, 0.1) is 13.8 Å². The first kappa shape index (κ1) is 21.2. The van der Waals surface area contributed by atoms with Crippen molar-refractivity contribution >= 4 is 31.4 Å². The summed E-state index contributed by atoms with van der Waals surface area (Å²) in [6.07, 6.45) is 0. The van der Waals surface area contributed by atoms with Crippen molar-refractivity contribution in [1.29, 1.82) is 0 Å². The summed E-state index contributed by atoms with van der Waals surface area (Å²) < 4.78 is 52.0. The Morgan fingerprint density at radius 1 is 0.963 bits per heavy atom. The van der Waals surface area contributed by atoms with Gasteiger partial charge in [-0.3, -0.25) is 4.72 Å². The van der Waals surface area contributed by atoms with E-state index in [1.165, 1.54) is 12.1 Å². The fraction of sp³-hybridized carbons (Fsp3) is 0.333. The van der Waals surface area contributed by atoms with Crippen LogP contribution in [0.15, 0.2) is 46.2 Å². The zero-order valence-corrected chi connectivity index (χ0v) is 17.5. The largest absolute Gasteiger partial charge is 0.370 e. The van der Waals surface area contributed by atoms with Crippen LogP contribution in [0.4, 0.5) is 11.4 Å². The third-order valence-electron chi connectivity index (χ3n) is 4.28. The first-order valence-corrected chi connectivity index (χ1v) is 11.5. The van der Waals surface area contributed by atoms with E-state index in [0.29, 0.717) is 24.3 Å². The summed E-state index contributed by atoms with van der Waals surface area (Å²) in [5.41, 5.74) is 2.16. The highest BCUT2D eigenvalue weighted by Crippen LogP contribution is 2.31. The Morgan fingerprint density at radius 2 is 1.59 bits per heavy atom. The molecule has 148 valence electrons. The highest BCUT2D eigenvalue weighted by Gasteiger charge is 2.22. The molecule has 0 aliphatic rings. The maximum Gasteiger partial charge on any atom is 0.262 e. The van der Waals surface area contributed by atoms with E-state index in [0.717, 1.165) is 5.56 Å². The second kappa shape index (κ2) is 7.87. The second-order valence-corrected chi connectivity index (χ2v) is 9.48.